The van der Waals surface area contributed by atoms with Gasteiger partial charge in [-0.25, -0.2) is 0 Å². The number of hydrogen-bond acceptors (Lipinski definition) is 2. The number of hydrogen-bond donors (Lipinski definition) is 1. The summed E-state index contributed by atoms with van der Waals surface area (Å²) in [5, 5.41) is 3.54. The molecular weight excluding hydrogens is 248 g/mol. The maximum absolute atomic E-state index is 12.7. The summed E-state index contributed by atoms with van der Waals surface area (Å²) in [6.45, 7) is 7.08. The molecule has 1 aromatic rings. The molecule has 1 aromatic carbocycles. The molecule has 110 valence electrons. The number of aryl methyl sites for hydroxylation is 1. The molecule has 0 aliphatic carbocycles. The van der Waals surface area contributed by atoms with Crippen molar-refractivity contribution in [3.8, 4) is 0 Å². The van der Waals surface area contributed by atoms with E-state index in [2.05, 4.69) is 25.2 Å². The Morgan fingerprint density at radius 1 is 1.30 bits per heavy atom. The molecule has 0 radical (unpaired) electrons. The first-order chi connectivity index (χ1) is 9.76. The van der Waals surface area contributed by atoms with Gasteiger partial charge in [0.05, 0.1) is 0 Å². The minimum Gasteiger partial charge on any atom is -0.337 e. The third-order valence-corrected chi connectivity index (χ3v) is 4.03. The first-order valence-electron chi connectivity index (χ1n) is 7.86. The molecule has 2 rings (SSSR count). The summed E-state index contributed by atoms with van der Waals surface area (Å²) in [6, 6.07) is 8.45. The quantitative estimate of drug-likeness (QED) is 0.865. The average molecular weight is 274 g/mol. The van der Waals surface area contributed by atoms with Gasteiger partial charge in [0, 0.05) is 24.7 Å². The number of carbonyl (C=O) groups is 1. The lowest BCUT2D eigenvalue weighted by Crippen LogP contribution is -2.43. The molecule has 1 heterocycles. The van der Waals surface area contributed by atoms with Gasteiger partial charge in [-0.3, -0.25) is 4.79 Å². The van der Waals surface area contributed by atoms with Crippen LogP contribution in [0.4, 0.5) is 0 Å². The highest BCUT2D eigenvalue weighted by Crippen LogP contribution is 2.18. The second-order valence-electron chi connectivity index (χ2n) is 5.57. The van der Waals surface area contributed by atoms with Gasteiger partial charge >= 0.3 is 0 Å². The normalized spacial score (nSPS) is 16.7. The largest absolute Gasteiger partial charge is 0.337 e. The van der Waals surface area contributed by atoms with Crippen molar-refractivity contribution in [3.63, 3.8) is 0 Å². The van der Waals surface area contributed by atoms with Crippen LogP contribution in [0.2, 0.25) is 0 Å². The standard InChI is InChI=1S/C17H26N2O/c1-3-11-18-15(4-2)13-19-12-7-9-14-8-5-6-10-16(14)17(19)20/h5-6,8,10,15,18H,3-4,7,9,11-13H2,1-2H3. The molecule has 3 heteroatoms. The first-order valence-corrected chi connectivity index (χ1v) is 7.86. The predicted molar refractivity (Wildman–Crippen MR) is 83.0 cm³/mol. The van der Waals surface area contributed by atoms with E-state index in [0.717, 1.165) is 50.9 Å². The molecule has 1 atom stereocenters. The summed E-state index contributed by atoms with van der Waals surface area (Å²) in [6.07, 6.45) is 4.27. The molecule has 1 aliphatic rings. The third kappa shape index (κ3) is 3.60. The Morgan fingerprint density at radius 3 is 2.85 bits per heavy atom. The minimum absolute atomic E-state index is 0.204. The van der Waals surface area contributed by atoms with Gasteiger partial charge in [-0.05, 0) is 43.9 Å². The van der Waals surface area contributed by atoms with Crippen molar-refractivity contribution in [3.05, 3.63) is 35.4 Å². The van der Waals surface area contributed by atoms with Crippen molar-refractivity contribution in [1.29, 1.82) is 0 Å². The number of carbonyl (C=O) groups excluding carboxylic acids is 1. The Kier molecular flexibility index (Phi) is 5.60. The van der Waals surface area contributed by atoms with Crippen molar-refractivity contribution >= 4 is 5.91 Å². The Balaban J connectivity index is 2.07. The van der Waals surface area contributed by atoms with Crippen molar-refractivity contribution in [2.45, 2.75) is 45.6 Å². The summed E-state index contributed by atoms with van der Waals surface area (Å²) >= 11 is 0. The average Bonchev–Trinajstić information content (AvgIpc) is 2.64. The fraction of sp³-hybridized carbons (Fsp3) is 0.588. The van der Waals surface area contributed by atoms with Crippen molar-refractivity contribution in [1.82, 2.24) is 10.2 Å². The Labute approximate surface area is 122 Å². The van der Waals surface area contributed by atoms with E-state index in [1.165, 1.54) is 5.56 Å². The van der Waals surface area contributed by atoms with Crippen LogP contribution in [0.15, 0.2) is 24.3 Å². The van der Waals surface area contributed by atoms with Gasteiger partial charge in [0.1, 0.15) is 0 Å². The van der Waals surface area contributed by atoms with Crippen LogP contribution in [0.3, 0.4) is 0 Å². The van der Waals surface area contributed by atoms with E-state index in [4.69, 9.17) is 0 Å². The number of nitrogens with one attached hydrogen (secondary N) is 1. The summed E-state index contributed by atoms with van der Waals surface area (Å²) in [4.78, 5) is 14.7. The second kappa shape index (κ2) is 7.44. The maximum Gasteiger partial charge on any atom is 0.254 e. The van der Waals surface area contributed by atoms with Crippen molar-refractivity contribution in [2.75, 3.05) is 19.6 Å². The number of nitrogens with zero attached hydrogens (tertiary/aromatic N) is 1. The van der Waals surface area contributed by atoms with Gasteiger partial charge in [0.2, 0.25) is 0 Å². The summed E-state index contributed by atoms with van der Waals surface area (Å²) in [5.74, 6) is 0.204. The highest BCUT2D eigenvalue weighted by atomic mass is 16.2. The van der Waals surface area contributed by atoms with Crippen LogP contribution >= 0.6 is 0 Å². The molecule has 0 fully saturated rings. The van der Waals surface area contributed by atoms with E-state index in [1.807, 2.05) is 23.1 Å². The van der Waals surface area contributed by atoms with Crippen LogP contribution in [0.1, 0.15) is 49.0 Å². The molecule has 0 aromatic heterocycles. The zero-order chi connectivity index (χ0) is 14.4. The third-order valence-electron chi connectivity index (χ3n) is 4.03. The topological polar surface area (TPSA) is 32.3 Å². The molecule has 3 nitrogen and oxygen atoms in total. The Bertz CT molecular complexity index is 444. The molecular formula is C17H26N2O. The van der Waals surface area contributed by atoms with Gasteiger partial charge < -0.3 is 10.2 Å². The van der Waals surface area contributed by atoms with E-state index in [0.29, 0.717) is 6.04 Å². The summed E-state index contributed by atoms with van der Waals surface area (Å²) < 4.78 is 0. The van der Waals surface area contributed by atoms with Crippen LogP contribution in [0.25, 0.3) is 0 Å². The van der Waals surface area contributed by atoms with E-state index in [-0.39, 0.29) is 5.91 Å². The van der Waals surface area contributed by atoms with Crippen LogP contribution in [-0.4, -0.2) is 36.5 Å². The molecule has 0 saturated heterocycles. The number of rotatable bonds is 6. The summed E-state index contributed by atoms with van der Waals surface area (Å²) in [7, 11) is 0. The SMILES string of the molecule is CCCNC(CC)CN1CCCc2ccccc2C1=O. The predicted octanol–water partition coefficient (Wildman–Crippen LogP) is 2.85. The molecule has 0 bridgehead atoms. The van der Waals surface area contributed by atoms with Crippen molar-refractivity contribution in [2.24, 2.45) is 0 Å². The van der Waals surface area contributed by atoms with Crippen molar-refractivity contribution < 1.29 is 4.79 Å². The van der Waals surface area contributed by atoms with Gasteiger partial charge in [-0.15, -0.1) is 0 Å². The molecule has 1 unspecified atom stereocenters. The fourth-order valence-electron chi connectivity index (χ4n) is 2.81. The highest BCUT2D eigenvalue weighted by molar-refractivity contribution is 5.96. The Morgan fingerprint density at radius 2 is 2.10 bits per heavy atom. The number of benzene rings is 1. The Hall–Kier alpha value is -1.35. The van der Waals surface area contributed by atoms with E-state index in [9.17, 15) is 4.79 Å². The molecule has 1 aliphatic heterocycles. The van der Waals surface area contributed by atoms with Gasteiger partial charge in [0.25, 0.3) is 5.91 Å². The lowest BCUT2D eigenvalue weighted by molar-refractivity contribution is 0.0743. The number of fused-ring (bicyclic) bond motifs is 1. The minimum atomic E-state index is 0.204. The van der Waals surface area contributed by atoms with Crippen LogP contribution in [0.5, 0.6) is 0 Å². The van der Waals surface area contributed by atoms with Crippen LogP contribution < -0.4 is 5.32 Å². The molecule has 0 saturated carbocycles. The maximum atomic E-state index is 12.7. The van der Waals surface area contributed by atoms with Crippen LogP contribution in [-0.2, 0) is 6.42 Å². The lowest BCUT2D eigenvalue weighted by atomic mass is 10.0. The van der Waals surface area contributed by atoms with Gasteiger partial charge in [-0.2, -0.15) is 0 Å². The zero-order valence-electron chi connectivity index (χ0n) is 12.7. The van der Waals surface area contributed by atoms with E-state index < -0.39 is 0 Å². The smallest absolute Gasteiger partial charge is 0.254 e. The highest BCUT2D eigenvalue weighted by Gasteiger charge is 2.23. The monoisotopic (exact) mass is 274 g/mol. The second-order valence-corrected chi connectivity index (χ2v) is 5.57. The van der Waals surface area contributed by atoms with Crippen LogP contribution in [0, 0.1) is 0 Å². The summed E-state index contributed by atoms with van der Waals surface area (Å²) in [5.41, 5.74) is 2.10. The molecule has 20 heavy (non-hydrogen) atoms. The molecule has 0 spiro atoms. The zero-order valence-corrected chi connectivity index (χ0v) is 12.7. The lowest BCUT2D eigenvalue weighted by Gasteiger charge is -2.27. The molecule has 1 amide bonds. The van der Waals surface area contributed by atoms with Gasteiger partial charge in [-0.1, -0.05) is 32.0 Å². The first kappa shape index (κ1) is 15.0. The van der Waals surface area contributed by atoms with Gasteiger partial charge in [0.15, 0.2) is 0 Å². The molecule has 1 N–H and O–H groups in total. The van der Waals surface area contributed by atoms with E-state index in [1.54, 1.807) is 0 Å². The van der Waals surface area contributed by atoms with E-state index >= 15 is 0 Å². The fourth-order valence-corrected chi connectivity index (χ4v) is 2.81. The number of amides is 1.